The Balaban J connectivity index is 1.53. The number of amides is 1. The predicted octanol–water partition coefficient (Wildman–Crippen LogP) is 4.41. The van der Waals surface area contributed by atoms with E-state index < -0.39 is 0 Å². The summed E-state index contributed by atoms with van der Waals surface area (Å²) in [5.74, 6) is 0.205. The molecule has 1 saturated heterocycles. The maximum absolute atomic E-state index is 12.9. The van der Waals surface area contributed by atoms with E-state index in [2.05, 4.69) is 60.2 Å². The Morgan fingerprint density at radius 1 is 1.07 bits per heavy atom. The topological polar surface area (TPSA) is 59.0 Å². The van der Waals surface area contributed by atoms with Crippen LogP contribution in [0.2, 0.25) is 0 Å². The van der Waals surface area contributed by atoms with Gasteiger partial charge in [0.05, 0.1) is 11.9 Å². The average molecular weight is 401 g/mol. The van der Waals surface area contributed by atoms with Gasteiger partial charge in [-0.3, -0.25) is 14.8 Å². The molecule has 5 nitrogen and oxygen atoms in total. The van der Waals surface area contributed by atoms with Gasteiger partial charge in [0.1, 0.15) is 5.69 Å². The number of carbonyl (C=O) groups is 1. The van der Waals surface area contributed by atoms with Gasteiger partial charge in [-0.1, -0.05) is 24.3 Å². The third-order valence-electron chi connectivity index (χ3n) is 5.82. The maximum atomic E-state index is 12.9. The van der Waals surface area contributed by atoms with Crippen LogP contribution >= 0.6 is 0 Å². The van der Waals surface area contributed by atoms with Gasteiger partial charge in [-0.25, -0.2) is 4.98 Å². The molecule has 154 valence electrons. The van der Waals surface area contributed by atoms with E-state index in [9.17, 15) is 4.79 Å². The Labute approximate surface area is 178 Å². The van der Waals surface area contributed by atoms with Gasteiger partial charge in [0.15, 0.2) is 0 Å². The van der Waals surface area contributed by atoms with Crippen LogP contribution in [0, 0.1) is 20.8 Å². The van der Waals surface area contributed by atoms with Crippen LogP contribution in [-0.2, 0) is 6.42 Å². The zero-order valence-electron chi connectivity index (χ0n) is 17.9. The molecule has 0 spiro atoms. The molecule has 1 aliphatic heterocycles. The molecule has 0 saturated carbocycles. The third kappa shape index (κ3) is 4.56. The fourth-order valence-corrected chi connectivity index (χ4v) is 4.18. The van der Waals surface area contributed by atoms with Gasteiger partial charge in [0, 0.05) is 36.6 Å². The minimum Gasteiger partial charge on any atom is -0.337 e. The summed E-state index contributed by atoms with van der Waals surface area (Å²) < 4.78 is 0. The number of nitrogens with zero attached hydrogens (tertiary/aromatic N) is 4. The molecule has 0 bridgehead atoms. The molecule has 0 unspecified atom stereocenters. The molecule has 0 radical (unpaired) electrons. The Morgan fingerprint density at radius 2 is 1.90 bits per heavy atom. The van der Waals surface area contributed by atoms with E-state index in [1.165, 1.54) is 16.7 Å². The summed E-state index contributed by atoms with van der Waals surface area (Å²) in [5.41, 5.74) is 7.27. The first-order chi connectivity index (χ1) is 14.5. The number of carbonyl (C=O) groups excluding carboxylic acids is 1. The normalized spacial score (nSPS) is 16.5. The molecule has 1 amide bonds. The van der Waals surface area contributed by atoms with Crippen LogP contribution in [-0.4, -0.2) is 38.8 Å². The molecule has 1 aromatic carbocycles. The fraction of sp³-hybridized carbons (Fsp3) is 0.360. The van der Waals surface area contributed by atoms with Gasteiger partial charge in [-0.05, 0) is 68.9 Å². The Bertz CT molecular complexity index is 1050. The molecule has 0 aliphatic carbocycles. The van der Waals surface area contributed by atoms with Crippen molar-refractivity contribution in [3.8, 4) is 0 Å². The highest BCUT2D eigenvalue weighted by Crippen LogP contribution is 2.28. The molecule has 30 heavy (non-hydrogen) atoms. The van der Waals surface area contributed by atoms with Crippen LogP contribution in [0.5, 0.6) is 0 Å². The van der Waals surface area contributed by atoms with Crippen LogP contribution in [0.1, 0.15) is 63.0 Å². The lowest BCUT2D eigenvalue weighted by molar-refractivity contribution is 0.0699. The third-order valence-corrected chi connectivity index (χ3v) is 5.82. The Kier molecular flexibility index (Phi) is 5.88. The highest BCUT2D eigenvalue weighted by molar-refractivity contribution is 5.92. The standard InChI is InChI=1S/C25H28N4O/c1-17-7-4-5-8-21(17)12-20-11-18(2)28-23(13-20)22-9-6-10-29(16-22)25(30)24-15-26-19(3)14-27-24/h4-5,7-8,11,13-15,22H,6,9-10,12,16H2,1-3H3/t22-/m0/s1. The number of aromatic nitrogens is 3. The summed E-state index contributed by atoms with van der Waals surface area (Å²) in [6.45, 7) is 7.51. The number of aryl methyl sites for hydroxylation is 3. The van der Waals surface area contributed by atoms with Crippen molar-refractivity contribution < 1.29 is 4.79 Å². The van der Waals surface area contributed by atoms with Crippen LogP contribution in [0.4, 0.5) is 0 Å². The first kappa shape index (κ1) is 20.2. The van der Waals surface area contributed by atoms with Gasteiger partial charge in [0.2, 0.25) is 0 Å². The van der Waals surface area contributed by atoms with Crippen molar-refractivity contribution in [2.45, 2.75) is 46.0 Å². The van der Waals surface area contributed by atoms with Crippen molar-refractivity contribution in [3.63, 3.8) is 0 Å². The molecule has 4 rings (SSSR count). The van der Waals surface area contributed by atoms with Crippen molar-refractivity contribution in [2.75, 3.05) is 13.1 Å². The number of hydrogen-bond donors (Lipinski definition) is 0. The number of piperidine rings is 1. The fourth-order valence-electron chi connectivity index (χ4n) is 4.18. The monoisotopic (exact) mass is 400 g/mol. The average Bonchev–Trinajstić information content (AvgIpc) is 2.75. The summed E-state index contributed by atoms with van der Waals surface area (Å²) in [7, 11) is 0. The number of likely N-dealkylation sites (tertiary alicyclic amines) is 1. The second-order valence-electron chi connectivity index (χ2n) is 8.28. The predicted molar refractivity (Wildman–Crippen MR) is 118 cm³/mol. The minimum absolute atomic E-state index is 0.0417. The number of hydrogen-bond acceptors (Lipinski definition) is 4. The summed E-state index contributed by atoms with van der Waals surface area (Å²) in [5, 5.41) is 0. The van der Waals surface area contributed by atoms with Crippen molar-refractivity contribution in [1.29, 1.82) is 0 Å². The maximum Gasteiger partial charge on any atom is 0.274 e. The summed E-state index contributed by atoms with van der Waals surface area (Å²) in [6.07, 6.45) is 6.14. The molecule has 1 fully saturated rings. The quantitative estimate of drug-likeness (QED) is 0.651. The first-order valence-electron chi connectivity index (χ1n) is 10.6. The summed E-state index contributed by atoms with van der Waals surface area (Å²) >= 11 is 0. The summed E-state index contributed by atoms with van der Waals surface area (Å²) in [6, 6.07) is 12.9. The molecule has 3 aromatic rings. The second kappa shape index (κ2) is 8.74. The lowest BCUT2D eigenvalue weighted by atomic mass is 9.91. The van der Waals surface area contributed by atoms with Crippen LogP contribution in [0.15, 0.2) is 48.8 Å². The van der Waals surface area contributed by atoms with Gasteiger partial charge < -0.3 is 4.90 Å². The molecular weight excluding hydrogens is 372 g/mol. The van der Waals surface area contributed by atoms with Gasteiger partial charge >= 0.3 is 0 Å². The molecule has 1 aliphatic rings. The number of benzene rings is 1. The second-order valence-corrected chi connectivity index (χ2v) is 8.28. The highest BCUT2D eigenvalue weighted by atomic mass is 16.2. The first-order valence-corrected chi connectivity index (χ1v) is 10.6. The Morgan fingerprint density at radius 3 is 2.67 bits per heavy atom. The van der Waals surface area contributed by atoms with Crippen molar-refractivity contribution >= 4 is 5.91 Å². The molecular formula is C25H28N4O. The van der Waals surface area contributed by atoms with Gasteiger partial charge in [-0.15, -0.1) is 0 Å². The van der Waals surface area contributed by atoms with Crippen molar-refractivity contribution in [3.05, 3.63) is 88.3 Å². The lowest BCUT2D eigenvalue weighted by Gasteiger charge is -2.32. The van der Waals surface area contributed by atoms with Crippen molar-refractivity contribution in [1.82, 2.24) is 19.9 Å². The van der Waals surface area contributed by atoms with Crippen LogP contribution in [0.25, 0.3) is 0 Å². The molecule has 1 atom stereocenters. The van der Waals surface area contributed by atoms with Crippen LogP contribution in [0.3, 0.4) is 0 Å². The number of rotatable bonds is 4. The van der Waals surface area contributed by atoms with Crippen LogP contribution < -0.4 is 0 Å². The molecule has 0 N–H and O–H groups in total. The molecule has 3 heterocycles. The van der Waals surface area contributed by atoms with E-state index in [0.29, 0.717) is 12.2 Å². The van der Waals surface area contributed by atoms with Gasteiger partial charge in [0.25, 0.3) is 5.91 Å². The van der Waals surface area contributed by atoms with E-state index in [1.54, 1.807) is 12.4 Å². The Hall–Kier alpha value is -3.08. The minimum atomic E-state index is -0.0417. The van der Waals surface area contributed by atoms with E-state index >= 15 is 0 Å². The lowest BCUT2D eigenvalue weighted by Crippen LogP contribution is -2.39. The SMILES string of the molecule is Cc1cnc(C(=O)N2CCC[C@H](c3cc(Cc4ccccc4C)cc(C)n3)C2)cn1. The van der Waals surface area contributed by atoms with E-state index in [0.717, 1.165) is 42.9 Å². The van der Waals surface area contributed by atoms with E-state index in [-0.39, 0.29) is 11.8 Å². The van der Waals surface area contributed by atoms with Gasteiger partial charge in [-0.2, -0.15) is 0 Å². The zero-order chi connectivity index (χ0) is 21.1. The summed E-state index contributed by atoms with van der Waals surface area (Å²) in [4.78, 5) is 28.1. The molecule has 5 heteroatoms. The zero-order valence-corrected chi connectivity index (χ0v) is 17.9. The van der Waals surface area contributed by atoms with E-state index in [4.69, 9.17) is 4.98 Å². The van der Waals surface area contributed by atoms with Crippen molar-refractivity contribution in [2.24, 2.45) is 0 Å². The highest BCUT2D eigenvalue weighted by Gasteiger charge is 2.27. The smallest absolute Gasteiger partial charge is 0.274 e. The largest absolute Gasteiger partial charge is 0.337 e. The number of pyridine rings is 1. The molecule has 2 aromatic heterocycles. The van der Waals surface area contributed by atoms with E-state index in [1.807, 2.05) is 11.8 Å².